The fourth-order valence-corrected chi connectivity index (χ4v) is 5.11. The molecule has 3 aliphatic rings. The Morgan fingerprint density at radius 3 is 2.79 bits per heavy atom. The topological polar surface area (TPSA) is 104 Å². The molecule has 9 nitrogen and oxygen atoms in total. The highest BCUT2D eigenvalue weighted by atomic mass is 16.5. The van der Waals surface area contributed by atoms with Crippen LogP contribution in [0.25, 0.3) is 0 Å². The van der Waals surface area contributed by atoms with E-state index < -0.39 is 0 Å². The molecule has 4 heterocycles. The van der Waals surface area contributed by atoms with Crippen LogP contribution in [0.2, 0.25) is 0 Å². The normalized spacial score (nSPS) is 20.4. The van der Waals surface area contributed by atoms with Crippen molar-refractivity contribution in [2.45, 2.75) is 51.2 Å². The Bertz CT molecular complexity index is 1080. The molecule has 5 rings (SSSR count). The molecular weight excluding hydrogens is 420 g/mol. The molecule has 0 unspecified atom stereocenters. The third-order valence-electron chi connectivity index (χ3n) is 6.92. The maximum absolute atomic E-state index is 12.8. The molecule has 1 atom stereocenters. The van der Waals surface area contributed by atoms with Gasteiger partial charge in [-0.1, -0.05) is 12.8 Å². The summed E-state index contributed by atoms with van der Waals surface area (Å²) >= 11 is 0. The summed E-state index contributed by atoms with van der Waals surface area (Å²) < 4.78 is 11.5. The van der Waals surface area contributed by atoms with Crippen LogP contribution in [0.1, 0.15) is 48.9 Å². The number of aromatic nitrogens is 3. The van der Waals surface area contributed by atoms with Crippen molar-refractivity contribution in [1.82, 2.24) is 19.9 Å². The number of hydrogen-bond acceptors (Lipinski definition) is 8. The summed E-state index contributed by atoms with van der Waals surface area (Å²) in [6.07, 6.45) is 9.14. The first-order valence-corrected chi connectivity index (χ1v) is 11.6. The fourth-order valence-electron chi connectivity index (χ4n) is 5.11. The molecule has 9 heteroatoms. The highest BCUT2D eigenvalue weighted by molar-refractivity contribution is 5.79. The molecule has 1 aliphatic carbocycles. The number of nitrogens with zero attached hydrogens (tertiary/aromatic N) is 6. The van der Waals surface area contributed by atoms with Gasteiger partial charge in [0.15, 0.2) is 0 Å². The maximum Gasteiger partial charge on any atom is 0.231 e. The number of anilines is 1. The molecule has 0 bridgehead atoms. The number of nitriles is 1. The van der Waals surface area contributed by atoms with Crippen molar-refractivity contribution in [3.63, 3.8) is 0 Å². The zero-order valence-corrected chi connectivity index (χ0v) is 18.9. The van der Waals surface area contributed by atoms with E-state index in [0.29, 0.717) is 30.4 Å². The van der Waals surface area contributed by atoms with E-state index in [9.17, 15) is 10.1 Å². The zero-order chi connectivity index (χ0) is 22.8. The van der Waals surface area contributed by atoms with Crippen molar-refractivity contribution in [2.24, 2.45) is 5.92 Å². The lowest BCUT2D eigenvalue weighted by Gasteiger charge is -2.31. The molecule has 0 spiro atoms. The summed E-state index contributed by atoms with van der Waals surface area (Å²) in [6, 6.07) is 3.94. The van der Waals surface area contributed by atoms with Gasteiger partial charge in [-0.3, -0.25) is 4.79 Å². The van der Waals surface area contributed by atoms with E-state index in [1.807, 2.05) is 4.90 Å². The summed E-state index contributed by atoms with van der Waals surface area (Å²) in [7, 11) is 1.51. The molecule has 1 amide bonds. The summed E-state index contributed by atoms with van der Waals surface area (Å²) in [5, 5.41) is 9.41. The quantitative estimate of drug-likeness (QED) is 0.687. The fraction of sp³-hybridized carbons (Fsp3) is 0.542. The number of likely N-dealkylation sites (tertiary alicyclic amines) is 1. The Balaban J connectivity index is 1.29. The van der Waals surface area contributed by atoms with Gasteiger partial charge in [-0.25, -0.2) is 15.0 Å². The van der Waals surface area contributed by atoms with Gasteiger partial charge in [-0.05, 0) is 18.9 Å². The van der Waals surface area contributed by atoms with Crippen LogP contribution in [0.5, 0.6) is 11.8 Å². The minimum atomic E-state index is -0.0578. The minimum Gasteiger partial charge on any atom is -0.480 e. The van der Waals surface area contributed by atoms with E-state index in [1.54, 1.807) is 18.6 Å². The third kappa shape index (κ3) is 4.30. The lowest BCUT2D eigenvalue weighted by atomic mass is 10.1. The van der Waals surface area contributed by atoms with Crippen LogP contribution in [-0.2, 0) is 17.8 Å². The number of rotatable bonds is 5. The van der Waals surface area contributed by atoms with Gasteiger partial charge in [0.1, 0.15) is 24.1 Å². The van der Waals surface area contributed by atoms with Gasteiger partial charge < -0.3 is 19.3 Å². The van der Waals surface area contributed by atoms with Crippen LogP contribution in [0, 0.1) is 17.2 Å². The molecule has 0 radical (unpaired) electrons. The van der Waals surface area contributed by atoms with Gasteiger partial charge in [0.05, 0.1) is 43.3 Å². The number of carbonyl (C=O) groups is 1. The molecule has 2 aromatic rings. The van der Waals surface area contributed by atoms with E-state index in [2.05, 4.69) is 25.9 Å². The third-order valence-corrected chi connectivity index (χ3v) is 6.92. The molecule has 33 heavy (non-hydrogen) atoms. The first kappa shape index (κ1) is 21.4. The smallest absolute Gasteiger partial charge is 0.231 e. The summed E-state index contributed by atoms with van der Waals surface area (Å²) in [5.41, 5.74) is 3.19. The average molecular weight is 449 g/mol. The second-order valence-electron chi connectivity index (χ2n) is 8.93. The predicted octanol–water partition coefficient (Wildman–Crippen LogP) is 2.48. The molecule has 172 valence electrons. The number of methoxy groups -OCH3 is 1. The minimum absolute atomic E-state index is 0.0578. The first-order chi connectivity index (χ1) is 16.2. The zero-order valence-electron chi connectivity index (χ0n) is 18.9. The molecule has 0 N–H and O–H groups in total. The molecule has 2 aliphatic heterocycles. The van der Waals surface area contributed by atoms with Crippen molar-refractivity contribution >= 4 is 11.6 Å². The van der Waals surface area contributed by atoms with E-state index in [4.69, 9.17) is 9.47 Å². The van der Waals surface area contributed by atoms with Gasteiger partial charge in [0.25, 0.3) is 0 Å². The maximum atomic E-state index is 12.8. The molecule has 2 aromatic heterocycles. The molecule has 1 saturated heterocycles. The van der Waals surface area contributed by atoms with Gasteiger partial charge in [0, 0.05) is 31.8 Å². The number of pyridine rings is 1. The Morgan fingerprint density at radius 2 is 2.00 bits per heavy atom. The predicted molar refractivity (Wildman–Crippen MR) is 120 cm³/mol. The summed E-state index contributed by atoms with van der Waals surface area (Å²) in [6.45, 7) is 2.69. The van der Waals surface area contributed by atoms with Crippen molar-refractivity contribution < 1.29 is 14.3 Å². The SMILES string of the molecule is COc1ncc(N2CCc3ncnc(O[C@H]4CCN(C(=O)C5CCCC5)C4)c3C2)cc1C#N. The Kier molecular flexibility index (Phi) is 5.99. The van der Waals surface area contributed by atoms with Crippen LogP contribution >= 0.6 is 0 Å². The van der Waals surface area contributed by atoms with Crippen molar-refractivity contribution in [1.29, 1.82) is 5.26 Å². The van der Waals surface area contributed by atoms with Crippen LogP contribution in [-0.4, -0.2) is 58.6 Å². The van der Waals surface area contributed by atoms with Crippen LogP contribution in [0.4, 0.5) is 5.69 Å². The molecular formula is C24H28N6O3. The lowest BCUT2D eigenvalue weighted by Crippen LogP contribution is -2.35. The van der Waals surface area contributed by atoms with E-state index in [0.717, 1.165) is 68.6 Å². The van der Waals surface area contributed by atoms with Crippen LogP contribution in [0.15, 0.2) is 18.6 Å². The summed E-state index contributed by atoms with van der Waals surface area (Å²) in [5.74, 6) is 1.39. The number of amides is 1. The van der Waals surface area contributed by atoms with Gasteiger partial charge in [0.2, 0.25) is 17.7 Å². The molecule has 0 aromatic carbocycles. The molecule has 2 fully saturated rings. The average Bonchev–Trinajstić information content (AvgIpc) is 3.56. The number of hydrogen-bond donors (Lipinski definition) is 0. The van der Waals surface area contributed by atoms with Gasteiger partial charge >= 0.3 is 0 Å². The molecule has 1 saturated carbocycles. The second-order valence-corrected chi connectivity index (χ2v) is 8.93. The highest BCUT2D eigenvalue weighted by Crippen LogP contribution is 2.32. The van der Waals surface area contributed by atoms with E-state index in [-0.39, 0.29) is 17.9 Å². The monoisotopic (exact) mass is 448 g/mol. The Morgan fingerprint density at radius 1 is 1.15 bits per heavy atom. The standard InChI is InChI=1S/C24H28N6O3/c1-32-22-17(11-25)10-18(12-26-22)29-9-7-21-20(14-29)23(28-15-27-21)33-19-6-8-30(13-19)24(31)16-4-2-3-5-16/h10,12,15-16,19H,2-9,13-14H2,1H3/t19-/m0/s1. The summed E-state index contributed by atoms with van der Waals surface area (Å²) in [4.78, 5) is 30.1. The Labute approximate surface area is 193 Å². The van der Waals surface area contributed by atoms with Gasteiger partial charge in [-0.2, -0.15) is 5.26 Å². The van der Waals surface area contributed by atoms with E-state index >= 15 is 0 Å². The highest BCUT2D eigenvalue weighted by Gasteiger charge is 2.34. The largest absolute Gasteiger partial charge is 0.480 e. The lowest BCUT2D eigenvalue weighted by molar-refractivity contribution is -0.134. The number of ether oxygens (including phenoxy) is 2. The number of carbonyl (C=O) groups excluding carboxylic acids is 1. The Hall–Kier alpha value is -3.41. The van der Waals surface area contributed by atoms with E-state index in [1.165, 1.54) is 7.11 Å². The van der Waals surface area contributed by atoms with Crippen molar-refractivity contribution in [2.75, 3.05) is 31.6 Å². The van der Waals surface area contributed by atoms with Crippen LogP contribution in [0.3, 0.4) is 0 Å². The van der Waals surface area contributed by atoms with Crippen molar-refractivity contribution in [3.8, 4) is 17.8 Å². The first-order valence-electron chi connectivity index (χ1n) is 11.6. The number of fused-ring (bicyclic) bond motifs is 1. The van der Waals surface area contributed by atoms with Crippen molar-refractivity contribution in [3.05, 3.63) is 35.4 Å². The second kappa shape index (κ2) is 9.22. The van der Waals surface area contributed by atoms with Gasteiger partial charge in [-0.15, -0.1) is 0 Å². The van der Waals surface area contributed by atoms with Crippen LogP contribution < -0.4 is 14.4 Å².